The van der Waals surface area contributed by atoms with Crippen LogP contribution in [-0.4, -0.2) is 37.3 Å². The van der Waals surface area contributed by atoms with Crippen LogP contribution < -0.4 is 0 Å². The van der Waals surface area contributed by atoms with E-state index in [-0.39, 0.29) is 0 Å². The maximum Gasteiger partial charge on any atom is 0.244 e. The zero-order valence-electron chi connectivity index (χ0n) is 11.1. The number of nitrogens with zero attached hydrogens (tertiary/aromatic N) is 1. The second kappa shape index (κ2) is 6.16. The van der Waals surface area contributed by atoms with Crippen molar-refractivity contribution in [3.05, 3.63) is 28.2 Å². The van der Waals surface area contributed by atoms with Gasteiger partial charge in [0.05, 0.1) is 4.90 Å². The highest BCUT2D eigenvalue weighted by atomic mass is 79.9. The third-order valence-electron chi connectivity index (χ3n) is 3.44. The lowest BCUT2D eigenvalue weighted by Crippen LogP contribution is -2.39. The predicted octanol–water partition coefficient (Wildman–Crippen LogP) is 3.27. The van der Waals surface area contributed by atoms with Crippen LogP contribution in [0.1, 0.15) is 18.4 Å². The smallest absolute Gasteiger partial charge is 0.207 e. The number of benzene rings is 1. The van der Waals surface area contributed by atoms with Crippen molar-refractivity contribution >= 4 is 37.7 Å². The second-order valence-electron chi connectivity index (χ2n) is 4.77. The third kappa shape index (κ3) is 3.35. The van der Waals surface area contributed by atoms with E-state index in [9.17, 15) is 8.42 Å². The highest BCUT2D eigenvalue weighted by molar-refractivity contribution is 9.10. The van der Waals surface area contributed by atoms with Gasteiger partial charge in [-0.05, 0) is 59.6 Å². The van der Waals surface area contributed by atoms with Crippen LogP contribution in [0.15, 0.2) is 27.6 Å². The molecule has 0 amide bonds. The Morgan fingerprint density at radius 1 is 1.32 bits per heavy atom. The average molecular weight is 364 g/mol. The topological polar surface area (TPSA) is 37.4 Å². The zero-order chi connectivity index (χ0) is 14.0. The molecule has 2 rings (SSSR count). The minimum absolute atomic E-state index is 0.376. The van der Waals surface area contributed by atoms with Gasteiger partial charge in [0.2, 0.25) is 10.0 Å². The van der Waals surface area contributed by atoms with Gasteiger partial charge in [-0.15, -0.1) is 0 Å². The maximum atomic E-state index is 12.6. The molecule has 0 spiro atoms. The number of halogens is 1. The summed E-state index contributed by atoms with van der Waals surface area (Å²) in [5, 5.41) is 0.591. The van der Waals surface area contributed by atoms with Gasteiger partial charge >= 0.3 is 0 Å². The van der Waals surface area contributed by atoms with E-state index in [4.69, 9.17) is 0 Å². The summed E-state index contributed by atoms with van der Waals surface area (Å²) in [6.45, 7) is 3.19. The van der Waals surface area contributed by atoms with Crippen LogP contribution in [-0.2, 0) is 10.0 Å². The first-order valence-corrected chi connectivity index (χ1v) is 9.76. The van der Waals surface area contributed by atoms with Gasteiger partial charge in [0.15, 0.2) is 0 Å². The largest absolute Gasteiger partial charge is 0.244 e. The van der Waals surface area contributed by atoms with Crippen LogP contribution in [0.4, 0.5) is 0 Å². The van der Waals surface area contributed by atoms with Crippen molar-refractivity contribution in [2.45, 2.75) is 29.9 Å². The molecule has 1 heterocycles. The molecular weight excluding hydrogens is 346 g/mol. The molecule has 0 bridgehead atoms. The van der Waals surface area contributed by atoms with Crippen LogP contribution in [0.3, 0.4) is 0 Å². The van der Waals surface area contributed by atoms with Crippen molar-refractivity contribution in [3.8, 4) is 0 Å². The van der Waals surface area contributed by atoms with E-state index >= 15 is 0 Å². The lowest BCUT2D eigenvalue weighted by molar-refractivity contribution is 0.352. The maximum absolute atomic E-state index is 12.6. The molecule has 1 aliphatic heterocycles. The first-order chi connectivity index (χ1) is 8.95. The third-order valence-corrected chi connectivity index (χ3v) is 7.45. The molecule has 0 unspecified atom stereocenters. The Labute approximate surface area is 127 Å². The van der Waals surface area contributed by atoms with Gasteiger partial charge in [-0.25, -0.2) is 8.42 Å². The van der Waals surface area contributed by atoms with Gasteiger partial charge in [0.1, 0.15) is 0 Å². The molecule has 0 aliphatic carbocycles. The first-order valence-electron chi connectivity index (χ1n) is 6.24. The molecule has 0 aromatic heterocycles. The first kappa shape index (κ1) is 15.4. The zero-order valence-corrected chi connectivity index (χ0v) is 14.3. The Kier molecular flexibility index (Phi) is 4.98. The fourth-order valence-electron chi connectivity index (χ4n) is 2.26. The van der Waals surface area contributed by atoms with E-state index in [2.05, 4.69) is 22.2 Å². The normalized spacial score (nSPS) is 18.7. The Morgan fingerprint density at radius 3 is 2.47 bits per heavy atom. The summed E-state index contributed by atoms with van der Waals surface area (Å²) in [6.07, 6.45) is 3.96. The molecular formula is C13H18BrNO2S2. The van der Waals surface area contributed by atoms with Crippen molar-refractivity contribution in [1.82, 2.24) is 4.31 Å². The lowest BCUT2D eigenvalue weighted by Gasteiger charge is -2.30. The highest BCUT2D eigenvalue weighted by Crippen LogP contribution is 2.29. The number of rotatable bonds is 3. The highest BCUT2D eigenvalue weighted by Gasteiger charge is 2.30. The van der Waals surface area contributed by atoms with Crippen LogP contribution in [0.2, 0.25) is 0 Å². The van der Waals surface area contributed by atoms with Gasteiger partial charge < -0.3 is 0 Å². The van der Waals surface area contributed by atoms with Gasteiger partial charge in [-0.3, -0.25) is 0 Å². The molecule has 1 fully saturated rings. The minimum atomic E-state index is -3.36. The summed E-state index contributed by atoms with van der Waals surface area (Å²) in [5.74, 6) is 0. The number of hydrogen-bond donors (Lipinski definition) is 0. The van der Waals surface area contributed by atoms with Crippen molar-refractivity contribution in [2.75, 3.05) is 19.3 Å². The Hall–Kier alpha value is -0.0400. The number of aryl methyl sites for hydroxylation is 1. The molecule has 1 saturated heterocycles. The van der Waals surface area contributed by atoms with E-state index in [1.54, 1.807) is 10.4 Å². The fraction of sp³-hybridized carbons (Fsp3) is 0.538. The summed E-state index contributed by atoms with van der Waals surface area (Å²) >= 11 is 5.19. The number of piperidine rings is 1. The van der Waals surface area contributed by atoms with Gasteiger partial charge in [0.25, 0.3) is 0 Å². The van der Waals surface area contributed by atoms with Gasteiger partial charge in [-0.2, -0.15) is 16.1 Å². The van der Waals surface area contributed by atoms with E-state index in [1.807, 2.05) is 30.8 Å². The SMILES string of the molecule is CSC1CCN(S(=O)(=O)c2ccc(C)cc2Br)CC1. The monoisotopic (exact) mass is 363 g/mol. The molecule has 0 saturated carbocycles. The molecule has 0 N–H and O–H groups in total. The van der Waals surface area contributed by atoms with E-state index in [0.717, 1.165) is 18.4 Å². The Balaban J connectivity index is 2.23. The molecule has 1 aromatic rings. The second-order valence-corrected chi connectivity index (χ2v) is 8.67. The summed E-state index contributed by atoms with van der Waals surface area (Å²) < 4.78 is 27.5. The van der Waals surface area contributed by atoms with E-state index in [1.165, 1.54) is 0 Å². The Bertz CT molecular complexity index is 552. The van der Waals surface area contributed by atoms with Crippen molar-refractivity contribution in [2.24, 2.45) is 0 Å². The Morgan fingerprint density at radius 2 is 1.95 bits per heavy atom. The molecule has 1 aromatic carbocycles. The molecule has 3 nitrogen and oxygen atoms in total. The quantitative estimate of drug-likeness (QED) is 0.826. The predicted molar refractivity (Wildman–Crippen MR) is 84.2 cm³/mol. The molecule has 19 heavy (non-hydrogen) atoms. The number of sulfonamides is 1. The standard InChI is InChI=1S/C13H18BrNO2S2/c1-10-3-4-13(12(14)9-10)19(16,17)15-7-5-11(18-2)6-8-15/h3-4,9,11H,5-8H2,1-2H3. The molecule has 0 radical (unpaired) electrons. The molecule has 0 atom stereocenters. The summed E-state index contributed by atoms with van der Waals surface area (Å²) in [4.78, 5) is 0.376. The summed E-state index contributed by atoms with van der Waals surface area (Å²) in [6, 6.07) is 5.38. The van der Waals surface area contributed by atoms with Crippen LogP contribution >= 0.6 is 27.7 Å². The molecule has 1 aliphatic rings. The fourth-order valence-corrected chi connectivity index (χ4v) is 5.57. The molecule has 6 heteroatoms. The minimum Gasteiger partial charge on any atom is -0.207 e. The van der Waals surface area contributed by atoms with E-state index in [0.29, 0.717) is 27.7 Å². The van der Waals surface area contributed by atoms with Crippen LogP contribution in [0.25, 0.3) is 0 Å². The van der Waals surface area contributed by atoms with Gasteiger partial charge in [0, 0.05) is 22.8 Å². The summed E-state index contributed by atoms with van der Waals surface area (Å²) in [5.41, 5.74) is 1.05. The number of thioether (sulfide) groups is 1. The average Bonchev–Trinajstić information content (AvgIpc) is 2.38. The lowest BCUT2D eigenvalue weighted by atomic mass is 10.2. The van der Waals surface area contributed by atoms with Crippen molar-refractivity contribution < 1.29 is 8.42 Å². The molecule has 106 valence electrons. The summed E-state index contributed by atoms with van der Waals surface area (Å²) in [7, 11) is -3.36. The van der Waals surface area contributed by atoms with Crippen LogP contribution in [0, 0.1) is 6.92 Å². The number of hydrogen-bond acceptors (Lipinski definition) is 3. The van der Waals surface area contributed by atoms with Crippen molar-refractivity contribution in [3.63, 3.8) is 0 Å². The van der Waals surface area contributed by atoms with E-state index < -0.39 is 10.0 Å². The van der Waals surface area contributed by atoms with Crippen molar-refractivity contribution in [1.29, 1.82) is 0 Å². The van der Waals surface area contributed by atoms with Crippen LogP contribution in [0.5, 0.6) is 0 Å². The van der Waals surface area contributed by atoms with Gasteiger partial charge in [-0.1, -0.05) is 6.07 Å².